The Kier molecular flexibility index (Phi) is 7.59. The first-order valence-corrected chi connectivity index (χ1v) is 8.94. The fraction of sp³-hybridized carbons (Fsp3) is 0.263. The first-order valence-electron chi connectivity index (χ1n) is 8.06. The number of carbonyl (C=O) groups is 2. The Bertz CT molecular complexity index is 723. The molecule has 2 aromatic rings. The van der Waals surface area contributed by atoms with Crippen LogP contribution >= 0.6 is 11.8 Å². The van der Waals surface area contributed by atoms with Crippen molar-refractivity contribution in [3.63, 3.8) is 0 Å². The highest BCUT2D eigenvalue weighted by Gasteiger charge is 2.21. The van der Waals surface area contributed by atoms with Crippen LogP contribution in [0.1, 0.15) is 24.8 Å². The Balaban J connectivity index is 1.85. The molecule has 4 nitrogen and oxygen atoms in total. The lowest BCUT2D eigenvalue weighted by Crippen LogP contribution is -2.23. The van der Waals surface area contributed by atoms with Crippen molar-refractivity contribution in [2.75, 3.05) is 11.9 Å². The molecule has 0 spiro atoms. The van der Waals surface area contributed by atoms with Crippen molar-refractivity contribution in [3.05, 3.63) is 60.2 Å². The Morgan fingerprint density at radius 1 is 1.08 bits per heavy atom. The third kappa shape index (κ3) is 6.15. The number of esters is 1. The topological polar surface area (TPSA) is 55.4 Å². The standard InChI is InChI=1S/C19H19F2NO3S/c1-2-16(13-6-4-3-5-7-13)18(24)25-12-17(23)22-14-8-10-15(11-9-14)26-19(20)21/h3-11,16,19H,2,12H2,1H3,(H,22,23)/t16-/m0/s1. The molecular formula is C19H19F2NO3S. The van der Waals surface area contributed by atoms with Gasteiger partial charge >= 0.3 is 5.97 Å². The van der Waals surface area contributed by atoms with Gasteiger partial charge in [-0.15, -0.1) is 0 Å². The van der Waals surface area contributed by atoms with E-state index in [1.807, 2.05) is 37.3 Å². The first kappa shape index (κ1) is 19.9. The molecule has 2 rings (SSSR count). The van der Waals surface area contributed by atoms with E-state index in [1.54, 1.807) is 0 Å². The van der Waals surface area contributed by atoms with Crippen molar-refractivity contribution in [2.24, 2.45) is 0 Å². The number of hydrogen-bond acceptors (Lipinski definition) is 4. The van der Waals surface area contributed by atoms with Gasteiger partial charge in [-0.1, -0.05) is 49.0 Å². The van der Waals surface area contributed by atoms with Gasteiger partial charge in [-0.25, -0.2) is 0 Å². The molecule has 0 aromatic heterocycles. The monoisotopic (exact) mass is 379 g/mol. The maximum absolute atomic E-state index is 12.3. The van der Waals surface area contributed by atoms with E-state index in [2.05, 4.69) is 5.32 Å². The Morgan fingerprint density at radius 3 is 2.31 bits per heavy atom. The number of amides is 1. The largest absolute Gasteiger partial charge is 0.455 e. The van der Waals surface area contributed by atoms with E-state index in [1.165, 1.54) is 24.3 Å². The lowest BCUT2D eigenvalue weighted by Gasteiger charge is -2.14. The summed E-state index contributed by atoms with van der Waals surface area (Å²) in [6.45, 7) is 1.47. The summed E-state index contributed by atoms with van der Waals surface area (Å²) in [7, 11) is 0. The Hall–Kier alpha value is -2.41. The summed E-state index contributed by atoms with van der Waals surface area (Å²) in [6, 6.07) is 15.2. The Morgan fingerprint density at radius 2 is 1.73 bits per heavy atom. The lowest BCUT2D eigenvalue weighted by atomic mass is 9.97. The quantitative estimate of drug-likeness (QED) is 0.535. The fourth-order valence-electron chi connectivity index (χ4n) is 2.38. The van der Waals surface area contributed by atoms with Crippen LogP contribution in [0.15, 0.2) is 59.5 Å². The molecule has 0 saturated heterocycles. The summed E-state index contributed by atoms with van der Waals surface area (Å²) in [6.07, 6.45) is 0.563. The molecule has 0 unspecified atom stereocenters. The zero-order valence-corrected chi connectivity index (χ0v) is 15.0. The van der Waals surface area contributed by atoms with Crippen molar-refractivity contribution >= 4 is 29.3 Å². The van der Waals surface area contributed by atoms with Crippen LogP contribution < -0.4 is 5.32 Å². The Labute approximate surface area is 154 Å². The third-order valence-corrected chi connectivity index (χ3v) is 4.33. The maximum atomic E-state index is 12.3. The summed E-state index contributed by atoms with van der Waals surface area (Å²) in [4.78, 5) is 24.5. The number of hydrogen-bond donors (Lipinski definition) is 1. The second-order valence-corrected chi connectivity index (χ2v) is 6.49. The van der Waals surface area contributed by atoms with Gasteiger partial charge in [0, 0.05) is 10.6 Å². The number of rotatable bonds is 8. The molecule has 0 heterocycles. The second kappa shape index (κ2) is 9.91. The van der Waals surface area contributed by atoms with Gasteiger partial charge in [0.15, 0.2) is 6.61 Å². The predicted octanol–water partition coefficient (Wildman–Crippen LogP) is 4.68. The molecule has 0 saturated carbocycles. The smallest absolute Gasteiger partial charge is 0.313 e. The zero-order valence-electron chi connectivity index (χ0n) is 14.2. The average molecular weight is 379 g/mol. The van der Waals surface area contributed by atoms with Gasteiger partial charge in [-0.3, -0.25) is 9.59 Å². The van der Waals surface area contributed by atoms with E-state index in [9.17, 15) is 18.4 Å². The molecular weight excluding hydrogens is 360 g/mol. The predicted molar refractivity (Wildman–Crippen MR) is 97.4 cm³/mol. The molecule has 1 N–H and O–H groups in total. The van der Waals surface area contributed by atoms with Crippen molar-refractivity contribution in [2.45, 2.75) is 29.9 Å². The van der Waals surface area contributed by atoms with Crippen LogP contribution in [0, 0.1) is 0 Å². The number of carbonyl (C=O) groups excluding carboxylic acids is 2. The number of halogens is 2. The van der Waals surface area contributed by atoms with Gasteiger partial charge in [-0.05, 0) is 36.2 Å². The molecule has 0 bridgehead atoms. The van der Waals surface area contributed by atoms with Crippen LogP contribution in [0.4, 0.5) is 14.5 Å². The fourth-order valence-corrected chi connectivity index (χ4v) is 2.88. The van der Waals surface area contributed by atoms with Crippen LogP contribution in [-0.4, -0.2) is 24.2 Å². The van der Waals surface area contributed by atoms with Gasteiger partial charge in [0.1, 0.15) is 0 Å². The van der Waals surface area contributed by atoms with Crippen molar-refractivity contribution in [3.8, 4) is 0 Å². The molecule has 1 amide bonds. The van der Waals surface area contributed by atoms with Crippen LogP contribution in [0.5, 0.6) is 0 Å². The van der Waals surface area contributed by atoms with Crippen LogP contribution in [0.2, 0.25) is 0 Å². The summed E-state index contributed by atoms with van der Waals surface area (Å²) < 4.78 is 29.6. The van der Waals surface area contributed by atoms with Crippen LogP contribution in [0.25, 0.3) is 0 Å². The zero-order chi connectivity index (χ0) is 18.9. The van der Waals surface area contributed by atoms with Crippen LogP contribution in [0.3, 0.4) is 0 Å². The maximum Gasteiger partial charge on any atom is 0.313 e. The number of ether oxygens (including phenoxy) is 1. The summed E-state index contributed by atoms with van der Waals surface area (Å²) >= 11 is 0.428. The number of anilines is 1. The highest BCUT2D eigenvalue weighted by molar-refractivity contribution is 7.99. The van der Waals surface area contributed by atoms with Crippen molar-refractivity contribution in [1.29, 1.82) is 0 Å². The molecule has 0 aliphatic carbocycles. The van der Waals surface area contributed by atoms with E-state index in [-0.39, 0.29) is 0 Å². The molecule has 0 radical (unpaired) electrons. The van der Waals surface area contributed by atoms with Crippen LogP contribution in [-0.2, 0) is 14.3 Å². The minimum absolute atomic E-state index is 0.401. The average Bonchev–Trinajstić information content (AvgIpc) is 2.63. The van der Waals surface area contributed by atoms with Gasteiger partial charge in [0.05, 0.1) is 5.92 Å². The normalized spacial score (nSPS) is 11.8. The SMILES string of the molecule is CC[C@H](C(=O)OCC(=O)Nc1ccc(SC(F)F)cc1)c1ccccc1. The summed E-state index contributed by atoms with van der Waals surface area (Å²) in [5, 5.41) is 2.56. The molecule has 1 atom stereocenters. The number of alkyl halides is 2. The van der Waals surface area contributed by atoms with Gasteiger partial charge < -0.3 is 10.1 Å². The van der Waals surface area contributed by atoms with E-state index < -0.39 is 30.2 Å². The summed E-state index contributed by atoms with van der Waals surface area (Å²) in [5.74, 6) is -3.87. The van der Waals surface area contributed by atoms with E-state index >= 15 is 0 Å². The minimum Gasteiger partial charge on any atom is -0.455 e. The van der Waals surface area contributed by atoms with Gasteiger partial charge in [-0.2, -0.15) is 8.78 Å². The molecule has 7 heteroatoms. The molecule has 2 aromatic carbocycles. The number of nitrogens with one attached hydrogen (secondary N) is 1. The highest BCUT2D eigenvalue weighted by atomic mass is 32.2. The van der Waals surface area contributed by atoms with E-state index in [0.29, 0.717) is 28.8 Å². The number of benzene rings is 2. The van der Waals surface area contributed by atoms with Crippen molar-refractivity contribution in [1.82, 2.24) is 0 Å². The first-order chi connectivity index (χ1) is 12.5. The van der Waals surface area contributed by atoms with Gasteiger partial charge in [0.2, 0.25) is 0 Å². The molecule has 0 aliphatic rings. The van der Waals surface area contributed by atoms with E-state index in [0.717, 1.165) is 5.56 Å². The molecule has 26 heavy (non-hydrogen) atoms. The molecule has 0 aliphatic heterocycles. The lowest BCUT2D eigenvalue weighted by molar-refractivity contribution is -0.149. The third-order valence-electron chi connectivity index (χ3n) is 3.60. The minimum atomic E-state index is -2.49. The molecule has 0 fully saturated rings. The molecule has 138 valence electrons. The second-order valence-electron chi connectivity index (χ2n) is 5.43. The highest BCUT2D eigenvalue weighted by Crippen LogP contribution is 2.26. The summed E-state index contributed by atoms with van der Waals surface area (Å²) in [5.41, 5.74) is 1.28. The van der Waals surface area contributed by atoms with E-state index in [4.69, 9.17) is 4.74 Å². The van der Waals surface area contributed by atoms with Crippen molar-refractivity contribution < 1.29 is 23.1 Å². The number of thioether (sulfide) groups is 1. The van der Waals surface area contributed by atoms with Gasteiger partial charge in [0.25, 0.3) is 11.7 Å².